The lowest BCUT2D eigenvalue weighted by Gasteiger charge is -2.21. The van der Waals surface area contributed by atoms with Crippen LogP contribution < -0.4 is 72.9 Å². The Balaban J connectivity index is 0.000000137. The zero-order chi connectivity index (χ0) is 105. The van der Waals surface area contributed by atoms with Gasteiger partial charge in [0.25, 0.3) is 11.8 Å². The van der Waals surface area contributed by atoms with Gasteiger partial charge in [-0.2, -0.15) is 43.6 Å². The number of anilines is 11. The van der Waals surface area contributed by atoms with E-state index in [1.807, 2.05) is 74.6 Å². The molecule has 2 fully saturated rings. The van der Waals surface area contributed by atoms with Crippen LogP contribution in [0.25, 0.3) is 28.2 Å². The third-order valence-electron chi connectivity index (χ3n) is 23.4. The molecule has 0 unspecified atom stereocenters. The van der Waals surface area contributed by atoms with Crippen molar-refractivity contribution in [1.29, 1.82) is 0 Å². The molecule has 5 aromatic carbocycles. The molecule has 14 N–H and O–H groups in total. The molecule has 3 amide bonds. The minimum Gasteiger partial charge on any atom is -0.744 e. The van der Waals surface area contributed by atoms with Crippen LogP contribution in [0.2, 0.25) is 15.5 Å². The molecule has 0 aliphatic carbocycles. The average molecular weight is 2090 g/mol. The molecule has 49 heteroatoms. The SMILES string of the molecule is CCOC(=O)c1cnn2c(Cl)cc(Cl)nc12.CCOC(=O)c1cnn2c(NC)cc(Cl)nc12.CCOC(=O)c1cnn2c(NC)cc(Nc3cccc4c3OCCC4)nc12.CN1CC[C@@H]([NH3+])C1=O.CNc1cc(Nc2cccc3c2OCCC3)nc2c(C(=O)N[C@@H]3CCN(C)C3=O)cnn12.CNc1cc(Nc2cccc3c2OCCC3)nc2c(C(=O)O)cnn12.Cc1ccc(S(=O)(=O)[O-])cc1.Nc1cccc2c1OCCC2. The van der Waals surface area contributed by atoms with E-state index in [0.29, 0.717) is 120 Å². The van der Waals surface area contributed by atoms with Crippen LogP contribution in [0.15, 0.2) is 163 Å². The number of ether oxygens (including phenoxy) is 7. The first-order valence-corrected chi connectivity index (χ1v) is 49.4. The van der Waals surface area contributed by atoms with Crippen LogP contribution in [-0.4, -0.2) is 256 Å². The zero-order valence-electron chi connectivity index (χ0n) is 81.9. The molecule has 0 bridgehead atoms. The largest absolute Gasteiger partial charge is 0.744 e. The lowest BCUT2D eigenvalue weighted by molar-refractivity contribution is -0.401. The van der Waals surface area contributed by atoms with E-state index in [0.717, 1.165) is 133 Å². The Hall–Kier alpha value is -16.2. The third-order valence-corrected chi connectivity index (χ3v) is 24.9. The van der Waals surface area contributed by atoms with E-state index in [1.54, 1.807) is 99.1 Å². The monoisotopic (exact) mass is 2090 g/mol. The number of rotatable bonds is 20. The molecule has 772 valence electrons. The first-order chi connectivity index (χ1) is 70.8. The number of likely N-dealkylation sites (tertiary alicyclic amines) is 2. The predicted octanol–water partition coefficient (Wildman–Crippen LogP) is 12.1. The molecule has 21 rings (SSSR count). The lowest BCUT2D eigenvalue weighted by Crippen LogP contribution is -2.64. The van der Waals surface area contributed by atoms with Gasteiger partial charge in [0.05, 0.1) is 105 Å². The number of hydrogen-bond donors (Lipinski definition) is 11. The van der Waals surface area contributed by atoms with Crippen molar-refractivity contribution in [3.8, 4) is 23.0 Å². The number of halogens is 3. The molecule has 6 aliphatic heterocycles. The topological polar surface area (TPSA) is 569 Å². The first-order valence-electron chi connectivity index (χ1n) is 46.9. The van der Waals surface area contributed by atoms with E-state index in [9.17, 15) is 51.6 Å². The highest BCUT2D eigenvalue weighted by atomic mass is 35.5. The van der Waals surface area contributed by atoms with E-state index < -0.39 is 40.0 Å². The van der Waals surface area contributed by atoms with E-state index in [4.69, 9.17) is 73.7 Å². The number of carboxylic acid groups (broad SMARTS) is 1. The summed E-state index contributed by atoms with van der Waals surface area (Å²) >= 11 is 17.5. The van der Waals surface area contributed by atoms with Crippen molar-refractivity contribution in [2.24, 2.45) is 0 Å². The Morgan fingerprint density at radius 3 is 1.18 bits per heavy atom. The van der Waals surface area contributed by atoms with Crippen LogP contribution in [-0.2, 0) is 59.6 Å². The van der Waals surface area contributed by atoms with Crippen molar-refractivity contribution in [3.63, 3.8) is 0 Å². The highest BCUT2D eigenvalue weighted by Crippen LogP contribution is 2.40. The van der Waals surface area contributed by atoms with Gasteiger partial charge in [0, 0.05) is 92.1 Å². The third kappa shape index (κ3) is 25.6. The molecule has 16 heterocycles. The lowest BCUT2D eigenvalue weighted by atomic mass is 10.1. The summed E-state index contributed by atoms with van der Waals surface area (Å²) < 4.78 is 76.4. The molecule has 2 atom stereocenters. The Bertz CT molecular complexity index is 7460. The van der Waals surface area contributed by atoms with Crippen LogP contribution in [0.1, 0.15) is 139 Å². The molecule has 0 radical (unpaired) electrons. The number of aromatic nitrogens is 15. The van der Waals surface area contributed by atoms with Gasteiger partial charge in [-0.3, -0.25) is 14.4 Å². The van der Waals surface area contributed by atoms with Crippen LogP contribution in [0.5, 0.6) is 23.0 Å². The number of likely N-dealkylation sites (N-methyl/N-ethyl adjacent to an activating group) is 2. The maximum absolute atomic E-state index is 13.0. The van der Waals surface area contributed by atoms with Crippen molar-refractivity contribution < 1.29 is 90.5 Å². The first kappa shape index (κ1) is 107. The molecule has 6 aliphatic rings. The highest BCUT2D eigenvalue weighted by molar-refractivity contribution is 7.85. The fourth-order valence-corrected chi connectivity index (χ4v) is 17.2. The van der Waals surface area contributed by atoms with E-state index >= 15 is 0 Å². The molecule has 45 nitrogen and oxygen atoms in total. The van der Waals surface area contributed by atoms with Gasteiger partial charge < -0.3 is 107 Å². The number of nitrogen functional groups attached to an aromatic ring is 1. The Morgan fingerprint density at radius 1 is 0.469 bits per heavy atom. The van der Waals surface area contributed by atoms with Gasteiger partial charge in [0.2, 0.25) is 5.91 Å². The van der Waals surface area contributed by atoms with Gasteiger partial charge in [0.1, 0.15) is 123 Å². The molecule has 2 saturated heterocycles. The van der Waals surface area contributed by atoms with Gasteiger partial charge in [0.15, 0.2) is 34.3 Å². The van der Waals surface area contributed by atoms with E-state index in [1.165, 1.54) is 73.9 Å². The number of fused-ring (bicyclic) bond motifs is 9. The fourth-order valence-electron chi connectivity index (χ4n) is 16.1. The second kappa shape index (κ2) is 48.9. The summed E-state index contributed by atoms with van der Waals surface area (Å²) in [5.74, 6) is 4.97. The van der Waals surface area contributed by atoms with Gasteiger partial charge in [-0.05, 0) is 144 Å². The minimum atomic E-state index is -4.27. The number of nitrogens with two attached hydrogens (primary N) is 1. The van der Waals surface area contributed by atoms with Crippen molar-refractivity contribution in [2.75, 3.05) is 145 Å². The highest BCUT2D eigenvalue weighted by Gasteiger charge is 2.34. The maximum atomic E-state index is 13.0. The normalized spacial score (nSPS) is 14.5. The number of nitrogens with one attached hydrogen (secondary N) is 8. The number of carboxylic acids is 1. The number of carbonyl (C=O) groups excluding carboxylic acids is 6. The fraction of sp³-hybridized carbons (Fsp3) is 0.316. The Kier molecular flexibility index (Phi) is 35.5. The van der Waals surface area contributed by atoms with Crippen molar-refractivity contribution in [2.45, 2.75) is 109 Å². The molecular formula is C98H110Cl3N27O18S. The second-order valence-electron chi connectivity index (χ2n) is 33.4. The molecule has 147 heavy (non-hydrogen) atoms. The van der Waals surface area contributed by atoms with Crippen LogP contribution in [0.3, 0.4) is 0 Å². The smallest absolute Gasteiger partial charge is 0.343 e. The van der Waals surface area contributed by atoms with Crippen LogP contribution in [0.4, 0.5) is 63.5 Å². The summed E-state index contributed by atoms with van der Waals surface area (Å²) in [5.41, 5.74) is 21.3. The van der Waals surface area contributed by atoms with E-state index in [2.05, 4.69) is 123 Å². The number of para-hydroxylation sites is 4. The summed E-state index contributed by atoms with van der Waals surface area (Å²) in [6.45, 7) is 12.3. The molecule has 0 spiro atoms. The van der Waals surface area contributed by atoms with Crippen molar-refractivity contribution >= 4 is 178 Å². The number of aryl methyl sites for hydroxylation is 5. The number of quaternary nitrogens is 1. The predicted molar refractivity (Wildman–Crippen MR) is 550 cm³/mol. The standard InChI is InChI=1S/C22H25N7O3.C19H21N5O3.C17H17N5O3.C10H11ClN4O2.C9H7Cl2N3O2.C9H11NO.C7H8O3S.C5H10N2O/c1-23-18-11-17(25-15-7-3-5-13-6-4-10-32-19(13)15)27-20-14(12-24-29(18)20)21(30)26-16-8-9-28(2)22(16)31;1-3-26-19(25)13-11-21-24-16(20-2)10-15(23-18(13)24)22-14-8-4-6-12-7-5-9-27-17(12)14;1-18-14-8-13(21-16-11(17(23)24)9-19-22(14)16)20-12-6-2-4-10-5-3-7-25-15(10)12;1-3-17-10(16)6-5-13-15-8(12-2)4-7(11)14-9(6)15;1-2-16-9(15)5-4-12-14-7(11)3-6(10)13-8(5)14;10-8-5-1-3-7-4-2-6-11-9(7)8;1-6-2-4-7(5-3-6)11(8,9)10;1-7-3-2-4(6)5(7)8/h3,5,7,11-12,16,23H,4,6,8-10H2,1-2H3,(H,25,27)(H,26,30);4,6,8,10-11,20H,3,5,7,9H2,1-2H3,(H,22,23);2,4,6,8-9,18H,3,5,7H2,1H3,(H,20,21)(H,23,24);4-5,12H,3H2,1-2H3;3-4H,2H2,1H3;1,3,5H,2,4,6,10H2;2-5H,1H3,(H,8,9,10);4H,2-3,6H2,1H3/t16-;;;;;;;4-/m1......1/s1. The number of amides is 3. The van der Waals surface area contributed by atoms with Crippen LogP contribution >= 0.6 is 34.8 Å². The minimum absolute atomic E-state index is 0.0278. The number of esters is 3. The van der Waals surface area contributed by atoms with Crippen molar-refractivity contribution in [1.82, 2.24) is 88.1 Å². The number of aromatic carboxylic acids is 1. The molecular weight excluding hydrogens is 1980 g/mol. The average Bonchev–Trinajstić information content (AvgIpc) is 1.69. The number of benzene rings is 5. The van der Waals surface area contributed by atoms with Gasteiger partial charge in [-0.1, -0.05) is 101 Å². The van der Waals surface area contributed by atoms with Crippen LogP contribution in [0, 0.1) is 6.92 Å². The summed E-state index contributed by atoms with van der Waals surface area (Å²) in [4.78, 5) is 108. The molecule has 15 aromatic rings. The molecule has 10 aromatic heterocycles. The Morgan fingerprint density at radius 2 is 0.816 bits per heavy atom. The Labute approximate surface area is 857 Å². The number of nitrogens with zero attached hydrogens (tertiary/aromatic N) is 17. The molecule has 0 saturated carbocycles. The summed E-state index contributed by atoms with van der Waals surface area (Å²) in [5, 5.41) is 55.5. The van der Waals surface area contributed by atoms with Crippen molar-refractivity contribution in [3.05, 3.63) is 229 Å². The number of carbonyl (C=O) groups is 7. The van der Waals surface area contributed by atoms with Gasteiger partial charge in [-0.15, -0.1) is 0 Å². The number of hydrogen-bond acceptors (Lipinski definition) is 35. The summed E-state index contributed by atoms with van der Waals surface area (Å²) in [6.07, 6.45) is 16.7. The van der Waals surface area contributed by atoms with Gasteiger partial charge >= 0.3 is 23.9 Å². The quantitative estimate of drug-likeness (QED) is 0.0111. The van der Waals surface area contributed by atoms with E-state index in [-0.39, 0.29) is 73.1 Å². The maximum Gasteiger partial charge on any atom is 0.343 e. The summed E-state index contributed by atoms with van der Waals surface area (Å²) in [7, 11) is 6.32. The zero-order valence-corrected chi connectivity index (χ0v) is 85.0. The second-order valence-corrected chi connectivity index (χ2v) is 35.9. The van der Waals surface area contributed by atoms with Gasteiger partial charge in [-0.25, -0.2) is 57.0 Å². The summed E-state index contributed by atoms with van der Waals surface area (Å²) in [6, 6.07) is 37.7.